The number of ketones is 1. The average Bonchev–Trinajstić information content (AvgIpc) is 3.76. The molecule has 0 bridgehead atoms. The van der Waals surface area contributed by atoms with Gasteiger partial charge in [0.15, 0.2) is 0 Å². The maximum atomic E-state index is 14.2. The number of primary amides is 1. The summed E-state index contributed by atoms with van der Waals surface area (Å²) in [7, 11) is 0. The molecule has 4 aliphatic rings. The van der Waals surface area contributed by atoms with Crippen molar-refractivity contribution in [3.63, 3.8) is 0 Å². The van der Waals surface area contributed by atoms with Crippen LogP contribution in [-0.2, 0) is 28.7 Å². The molecule has 1 aliphatic heterocycles. The summed E-state index contributed by atoms with van der Waals surface area (Å²) in [6.07, 6.45) is 5.26. The number of likely N-dealkylation sites (tertiary alicyclic amines) is 1. The summed E-state index contributed by atoms with van der Waals surface area (Å²) in [6.45, 7) is 13.8. The number of urea groups is 1. The van der Waals surface area contributed by atoms with Crippen molar-refractivity contribution in [1.29, 1.82) is 0 Å². The van der Waals surface area contributed by atoms with Crippen LogP contribution in [-0.4, -0.2) is 77.7 Å². The van der Waals surface area contributed by atoms with Crippen molar-refractivity contribution in [2.75, 3.05) is 13.2 Å². The molecule has 0 aromatic carbocycles. The van der Waals surface area contributed by atoms with Crippen molar-refractivity contribution in [3.8, 4) is 0 Å². The van der Waals surface area contributed by atoms with E-state index in [-0.39, 0.29) is 29.1 Å². The van der Waals surface area contributed by atoms with E-state index in [2.05, 4.69) is 16.0 Å². The fourth-order valence-electron chi connectivity index (χ4n) is 6.74. The Balaban J connectivity index is 1.49. The monoisotopic (exact) mass is 617 g/mol. The molecule has 4 fully saturated rings. The minimum absolute atomic E-state index is 0.0696. The molecule has 12 heteroatoms. The first-order chi connectivity index (χ1) is 20.4. The molecule has 246 valence electrons. The van der Waals surface area contributed by atoms with E-state index < -0.39 is 65.1 Å². The van der Waals surface area contributed by atoms with Gasteiger partial charge in [-0.3, -0.25) is 19.2 Å². The molecule has 1 unspecified atom stereocenters. The van der Waals surface area contributed by atoms with Gasteiger partial charge in [0.05, 0.1) is 12.6 Å². The molecule has 1 saturated heterocycles. The average molecular weight is 618 g/mol. The third kappa shape index (κ3) is 7.37. The molecular weight excluding hydrogens is 566 g/mol. The normalized spacial score (nSPS) is 26.0. The quantitative estimate of drug-likeness (QED) is 0.180. The number of rotatable bonds is 13. The van der Waals surface area contributed by atoms with Crippen LogP contribution in [0.4, 0.5) is 4.79 Å². The Morgan fingerprint density at radius 3 is 2.09 bits per heavy atom. The van der Waals surface area contributed by atoms with Crippen LogP contribution in [0.3, 0.4) is 0 Å². The number of piperidine rings is 1. The van der Waals surface area contributed by atoms with Crippen molar-refractivity contribution in [2.24, 2.45) is 46.2 Å². The summed E-state index contributed by atoms with van der Waals surface area (Å²) in [5.74, 6) is -3.08. The molecule has 3 aliphatic carbocycles. The zero-order valence-corrected chi connectivity index (χ0v) is 27.2. The fraction of sp³-hybridized carbons (Fsp3) is 0.812. The highest BCUT2D eigenvalue weighted by Gasteiger charge is 2.70. The first-order valence-electron chi connectivity index (χ1n) is 16.1. The Bertz CT molecular complexity index is 1170. The summed E-state index contributed by atoms with van der Waals surface area (Å²) < 4.78 is 5.41. The largest absolute Gasteiger partial charge is 0.464 e. The lowest BCUT2D eigenvalue weighted by Gasteiger charge is -2.38. The predicted octanol–water partition coefficient (Wildman–Crippen LogP) is 1.89. The molecule has 1 heterocycles. The number of Topliss-reactive ketones (excluding diaryl/α,β-unsaturated/α-hetero) is 1. The van der Waals surface area contributed by atoms with E-state index in [0.29, 0.717) is 25.5 Å². The summed E-state index contributed by atoms with van der Waals surface area (Å²) in [5.41, 5.74) is 4.38. The van der Waals surface area contributed by atoms with Gasteiger partial charge in [0, 0.05) is 6.54 Å². The number of nitrogens with zero attached hydrogens (tertiary/aromatic N) is 1. The number of carbonyl (C=O) groups is 6. The smallest absolute Gasteiger partial charge is 0.328 e. The van der Waals surface area contributed by atoms with Crippen LogP contribution in [0.15, 0.2) is 0 Å². The van der Waals surface area contributed by atoms with Crippen LogP contribution >= 0.6 is 0 Å². The highest BCUT2D eigenvalue weighted by atomic mass is 16.5. The van der Waals surface area contributed by atoms with Crippen molar-refractivity contribution in [2.45, 2.75) is 111 Å². The van der Waals surface area contributed by atoms with Crippen LogP contribution < -0.4 is 21.7 Å². The van der Waals surface area contributed by atoms with Crippen molar-refractivity contribution >= 4 is 35.5 Å². The Kier molecular flexibility index (Phi) is 9.71. The minimum Gasteiger partial charge on any atom is -0.464 e. The molecule has 4 rings (SSSR count). The van der Waals surface area contributed by atoms with E-state index in [9.17, 15) is 28.8 Å². The van der Waals surface area contributed by atoms with E-state index >= 15 is 0 Å². The van der Waals surface area contributed by atoms with Crippen LogP contribution in [0, 0.1) is 40.4 Å². The van der Waals surface area contributed by atoms with Crippen LogP contribution in [0.5, 0.6) is 0 Å². The SMILES string of the molecule is CC(C)[C@H](NC(=O)N[C@H](C(=O)N1C[C@H]2[C@@H]([C@H]1C(=O)NC(CC1CCC1)C(=O)C(N)=O)C2(C)C)C(C)(C)C)C(=O)OCC1CC1. The molecule has 0 aromatic rings. The number of nitrogens with two attached hydrogens (primary N) is 1. The van der Waals surface area contributed by atoms with Crippen LogP contribution in [0.25, 0.3) is 0 Å². The zero-order valence-electron chi connectivity index (χ0n) is 27.2. The number of ether oxygens (including phenoxy) is 1. The first kappa shape index (κ1) is 33.7. The van der Waals surface area contributed by atoms with Gasteiger partial charge >= 0.3 is 12.0 Å². The Hall–Kier alpha value is -3.18. The van der Waals surface area contributed by atoms with E-state index in [1.807, 2.05) is 34.6 Å². The number of hydrogen-bond donors (Lipinski definition) is 4. The lowest BCUT2D eigenvalue weighted by atomic mass is 9.80. The maximum Gasteiger partial charge on any atom is 0.328 e. The van der Waals surface area contributed by atoms with E-state index in [1.165, 1.54) is 4.90 Å². The third-order valence-corrected chi connectivity index (χ3v) is 10.2. The molecule has 0 radical (unpaired) electrons. The molecule has 5 amide bonds. The Morgan fingerprint density at radius 2 is 1.59 bits per heavy atom. The number of amides is 5. The van der Waals surface area contributed by atoms with Crippen molar-refractivity contribution in [3.05, 3.63) is 0 Å². The van der Waals surface area contributed by atoms with Gasteiger partial charge in [0.1, 0.15) is 18.1 Å². The lowest BCUT2D eigenvalue weighted by Crippen LogP contribution is -2.62. The van der Waals surface area contributed by atoms with Gasteiger partial charge in [-0.15, -0.1) is 0 Å². The molecular formula is C32H51N5O7. The van der Waals surface area contributed by atoms with Crippen LogP contribution in [0.1, 0.15) is 87.0 Å². The van der Waals surface area contributed by atoms with Gasteiger partial charge < -0.3 is 31.3 Å². The summed E-state index contributed by atoms with van der Waals surface area (Å²) in [5, 5.41) is 8.25. The number of hydrogen-bond acceptors (Lipinski definition) is 7. The standard InChI is InChI=1S/C32H51N5O7/c1-16(2)22(29(42)44-15-18-11-12-18)35-30(43)36-25(31(3,4)5)28(41)37-14-19-21(32(19,6)7)23(37)27(40)34-20(24(38)26(33)39)13-17-9-8-10-17/h16-23,25H,8-15H2,1-7H3,(H2,33,39)(H,34,40)(H2,35,36,43)/t19-,20?,21-,22-,23-,25+/m0/s1. The van der Waals surface area contributed by atoms with E-state index in [1.54, 1.807) is 13.8 Å². The van der Waals surface area contributed by atoms with Crippen LogP contribution in [0.2, 0.25) is 0 Å². The number of esters is 1. The maximum absolute atomic E-state index is 14.2. The van der Waals surface area contributed by atoms with Gasteiger partial charge in [-0.05, 0) is 59.7 Å². The van der Waals surface area contributed by atoms with Gasteiger partial charge in [-0.25, -0.2) is 9.59 Å². The summed E-state index contributed by atoms with van der Waals surface area (Å²) >= 11 is 0. The lowest BCUT2D eigenvalue weighted by molar-refractivity contribution is -0.147. The number of nitrogens with one attached hydrogen (secondary N) is 3. The van der Waals surface area contributed by atoms with Gasteiger partial charge in [-0.1, -0.05) is 67.7 Å². The summed E-state index contributed by atoms with van der Waals surface area (Å²) in [4.78, 5) is 80.0. The molecule has 44 heavy (non-hydrogen) atoms. The highest BCUT2D eigenvalue weighted by molar-refractivity contribution is 6.37. The number of fused-ring (bicyclic) bond motifs is 1. The zero-order chi connectivity index (χ0) is 32.7. The molecule has 0 spiro atoms. The van der Waals surface area contributed by atoms with Crippen molar-refractivity contribution < 1.29 is 33.5 Å². The molecule has 6 atom stereocenters. The second-order valence-electron chi connectivity index (χ2n) is 15.4. The molecule has 5 N–H and O–H groups in total. The van der Waals surface area contributed by atoms with E-state index in [0.717, 1.165) is 32.1 Å². The minimum atomic E-state index is -1.10. The van der Waals surface area contributed by atoms with Gasteiger partial charge in [0.2, 0.25) is 17.6 Å². The molecule has 12 nitrogen and oxygen atoms in total. The summed E-state index contributed by atoms with van der Waals surface area (Å²) in [6, 6.07) is -4.51. The first-order valence-corrected chi connectivity index (χ1v) is 16.1. The van der Waals surface area contributed by atoms with E-state index in [4.69, 9.17) is 10.5 Å². The second-order valence-corrected chi connectivity index (χ2v) is 15.4. The molecule has 3 saturated carbocycles. The topological polar surface area (TPSA) is 177 Å². The molecule has 0 aromatic heterocycles. The highest BCUT2D eigenvalue weighted by Crippen LogP contribution is 2.65. The second kappa shape index (κ2) is 12.7. The van der Waals surface area contributed by atoms with Gasteiger partial charge in [0.25, 0.3) is 5.91 Å². The predicted molar refractivity (Wildman–Crippen MR) is 162 cm³/mol. The van der Waals surface area contributed by atoms with Crippen molar-refractivity contribution in [1.82, 2.24) is 20.9 Å². The van der Waals surface area contributed by atoms with Gasteiger partial charge in [-0.2, -0.15) is 0 Å². The third-order valence-electron chi connectivity index (χ3n) is 10.2. The Morgan fingerprint density at radius 1 is 0.955 bits per heavy atom. The fourth-order valence-corrected chi connectivity index (χ4v) is 6.74. The Labute approximate surface area is 260 Å². The number of carbonyl (C=O) groups excluding carboxylic acids is 6.